The van der Waals surface area contributed by atoms with Gasteiger partial charge >= 0.3 is 0 Å². The molecule has 0 spiro atoms. The molecule has 0 aromatic heterocycles. The van der Waals surface area contributed by atoms with Crippen molar-refractivity contribution in [3.63, 3.8) is 0 Å². The van der Waals surface area contributed by atoms with E-state index >= 15 is 0 Å². The summed E-state index contributed by atoms with van der Waals surface area (Å²) in [5, 5.41) is -0.0977. The minimum atomic E-state index is -4.12. The van der Waals surface area contributed by atoms with Gasteiger partial charge in [0.05, 0.1) is 17.3 Å². The summed E-state index contributed by atoms with van der Waals surface area (Å²) in [6, 6.07) is 19.0. The third-order valence-corrected chi connectivity index (χ3v) is 6.07. The van der Waals surface area contributed by atoms with Crippen molar-refractivity contribution in [1.29, 1.82) is 0 Å². The zero-order valence-corrected chi connectivity index (χ0v) is 17.3. The number of carbonyl (C=O) groups excluding carboxylic acids is 1. The minimum Gasteiger partial charge on any atom is -0.368 e. The van der Waals surface area contributed by atoms with Crippen LogP contribution in [0.25, 0.3) is 0 Å². The van der Waals surface area contributed by atoms with E-state index in [0.717, 1.165) is 17.7 Å². The molecule has 3 N–H and O–H groups in total. The van der Waals surface area contributed by atoms with Gasteiger partial charge in [0.25, 0.3) is 10.0 Å². The van der Waals surface area contributed by atoms with Crippen molar-refractivity contribution in [1.82, 2.24) is 0 Å². The summed E-state index contributed by atoms with van der Waals surface area (Å²) in [7, 11) is -4.12. The zero-order valence-electron chi connectivity index (χ0n) is 15.8. The lowest BCUT2D eigenvalue weighted by Crippen LogP contribution is -2.33. The van der Waals surface area contributed by atoms with Gasteiger partial charge in [0, 0.05) is 12.2 Å². The Balaban J connectivity index is 1.89. The molecule has 0 aliphatic heterocycles. The highest BCUT2D eigenvalue weighted by atomic mass is 35.5. The Bertz CT molecular complexity index is 1160. The Morgan fingerprint density at radius 2 is 1.77 bits per heavy atom. The Morgan fingerprint density at radius 3 is 2.47 bits per heavy atom. The van der Waals surface area contributed by atoms with Crippen molar-refractivity contribution in [3.8, 4) is 0 Å². The number of hydrogen-bond acceptors (Lipinski definition) is 4. The molecule has 3 rings (SSSR count). The lowest BCUT2D eigenvalue weighted by Gasteiger charge is -2.24. The SMILES string of the molecule is NC(=O)CN(Cc1ccccc1)c1cccc(NS(=O)(=O)c2cc(F)ccc2Cl)c1. The maximum atomic E-state index is 13.5. The number of carbonyl (C=O) groups is 1. The van der Waals surface area contributed by atoms with Gasteiger partial charge in [0.15, 0.2) is 0 Å². The van der Waals surface area contributed by atoms with E-state index in [2.05, 4.69) is 4.72 Å². The van der Waals surface area contributed by atoms with E-state index in [1.54, 1.807) is 29.2 Å². The van der Waals surface area contributed by atoms with Gasteiger partial charge in [-0.05, 0) is 42.0 Å². The predicted molar refractivity (Wildman–Crippen MR) is 115 cm³/mol. The maximum Gasteiger partial charge on any atom is 0.263 e. The molecule has 0 heterocycles. The molecule has 0 saturated heterocycles. The van der Waals surface area contributed by atoms with Gasteiger partial charge in [-0.1, -0.05) is 48.0 Å². The Kier molecular flexibility index (Phi) is 6.59. The van der Waals surface area contributed by atoms with Crippen LogP contribution in [0.5, 0.6) is 0 Å². The summed E-state index contributed by atoms with van der Waals surface area (Å²) in [6.45, 7) is 0.344. The topological polar surface area (TPSA) is 92.5 Å². The zero-order chi connectivity index (χ0) is 21.7. The van der Waals surface area contributed by atoms with Crippen molar-refractivity contribution < 1.29 is 17.6 Å². The average molecular weight is 448 g/mol. The summed E-state index contributed by atoms with van der Waals surface area (Å²) in [5.41, 5.74) is 7.16. The maximum absolute atomic E-state index is 13.5. The fraction of sp³-hybridized carbons (Fsp3) is 0.0952. The third-order valence-electron chi connectivity index (χ3n) is 4.21. The van der Waals surface area contributed by atoms with Gasteiger partial charge in [-0.2, -0.15) is 0 Å². The van der Waals surface area contributed by atoms with Crippen molar-refractivity contribution in [2.75, 3.05) is 16.2 Å². The molecule has 0 radical (unpaired) electrons. The van der Waals surface area contributed by atoms with Gasteiger partial charge in [-0.15, -0.1) is 0 Å². The van der Waals surface area contributed by atoms with Crippen LogP contribution in [0.3, 0.4) is 0 Å². The Morgan fingerprint density at radius 1 is 1.03 bits per heavy atom. The molecule has 1 amide bonds. The summed E-state index contributed by atoms with van der Waals surface area (Å²) < 4.78 is 41.3. The van der Waals surface area contributed by atoms with Crippen LogP contribution >= 0.6 is 11.6 Å². The molecule has 3 aromatic rings. The van der Waals surface area contributed by atoms with E-state index in [9.17, 15) is 17.6 Å². The van der Waals surface area contributed by atoms with Gasteiger partial charge in [-0.3, -0.25) is 9.52 Å². The second-order valence-corrected chi connectivity index (χ2v) is 8.60. The lowest BCUT2D eigenvalue weighted by molar-refractivity contribution is -0.116. The standard InChI is InChI=1S/C21H19ClFN3O3S/c22-19-10-9-16(23)11-20(19)30(28,29)25-17-7-4-8-18(12-17)26(14-21(24)27)13-15-5-2-1-3-6-15/h1-12,25H,13-14H2,(H2,24,27). The Labute approximate surface area is 179 Å². The van der Waals surface area contributed by atoms with Crippen molar-refractivity contribution in [3.05, 3.63) is 89.2 Å². The molecule has 0 aliphatic rings. The summed E-state index contributed by atoms with van der Waals surface area (Å²) >= 11 is 5.93. The lowest BCUT2D eigenvalue weighted by atomic mass is 10.2. The number of halogens is 2. The highest BCUT2D eigenvalue weighted by Crippen LogP contribution is 2.27. The summed E-state index contributed by atoms with van der Waals surface area (Å²) in [4.78, 5) is 12.9. The smallest absolute Gasteiger partial charge is 0.263 e. The van der Waals surface area contributed by atoms with Crippen LogP contribution in [0, 0.1) is 5.82 Å². The molecule has 0 saturated carbocycles. The molecule has 0 fully saturated rings. The number of hydrogen-bond donors (Lipinski definition) is 2. The minimum absolute atomic E-state index is 0.0547. The molecular weight excluding hydrogens is 429 g/mol. The van der Waals surface area contributed by atoms with Crippen LogP contribution in [-0.4, -0.2) is 20.9 Å². The predicted octanol–water partition coefficient (Wildman–Crippen LogP) is 3.77. The fourth-order valence-corrected chi connectivity index (χ4v) is 4.45. The molecule has 9 heteroatoms. The Hall–Kier alpha value is -3.10. The first-order valence-corrected chi connectivity index (χ1v) is 10.8. The third kappa shape index (κ3) is 5.49. The van der Waals surface area contributed by atoms with Gasteiger partial charge in [-0.25, -0.2) is 12.8 Å². The molecule has 0 atom stereocenters. The molecule has 0 unspecified atom stereocenters. The van der Waals surface area contributed by atoms with Crippen LogP contribution in [-0.2, 0) is 21.4 Å². The molecule has 6 nitrogen and oxygen atoms in total. The first-order chi connectivity index (χ1) is 14.2. The van der Waals surface area contributed by atoms with E-state index in [-0.39, 0.29) is 22.2 Å². The molecule has 30 heavy (non-hydrogen) atoms. The van der Waals surface area contributed by atoms with Crippen LogP contribution in [0.15, 0.2) is 77.7 Å². The van der Waals surface area contributed by atoms with Crippen LogP contribution in [0.2, 0.25) is 5.02 Å². The largest absolute Gasteiger partial charge is 0.368 e. The van der Waals surface area contributed by atoms with Crippen molar-refractivity contribution in [2.24, 2.45) is 5.73 Å². The fourth-order valence-electron chi connectivity index (χ4n) is 2.89. The number of primary amides is 1. The van der Waals surface area contributed by atoms with E-state index in [1.807, 2.05) is 30.3 Å². The van der Waals surface area contributed by atoms with Gasteiger partial charge in [0.1, 0.15) is 10.7 Å². The van der Waals surface area contributed by atoms with Gasteiger partial charge < -0.3 is 10.6 Å². The number of rotatable bonds is 8. The van der Waals surface area contributed by atoms with E-state index < -0.39 is 21.7 Å². The average Bonchev–Trinajstić information content (AvgIpc) is 2.69. The molecular formula is C21H19ClFN3O3S. The number of amides is 1. The second-order valence-electron chi connectivity index (χ2n) is 6.54. The van der Waals surface area contributed by atoms with E-state index in [0.29, 0.717) is 12.2 Å². The number of nitrogens with zero attached hydrogens (tertiary/aromatic N) is 1. The van der Waals surface area contributed by atoms with Gasteiger partial charge in [0.2, 0.25) is 5.91 Å². The monoisotopic (exact) mass is 447 g/mol. The number of nitrogens with two attached hydrogens (primary N) is 1. The molecule has 0 aliphatic carbocycles. The summed E-state index contributed by atoms with van der Waals surface area (Å²) in [6.07, 6.45) is 0. The summed E-state index contributed by atoms with van der Waals surface area (Å²) in [5.74, 6) is -1.24. The molecule has 0 bridgehead atoms. The molecule has 3 aromatic carbocycles. The van der Waals surface area contributed by atoms with Crippen LogP contribution in [0.4, 0.5) is 15.8 Å². The number of nitrogens with one attached hydrogen (secondary N) is 1. The second kappa shape index (κ2) is 9.15. The van der Waals surface area contributed by atoms with Crippen molar-refractivity contribution in [2.45, 2.75) is 11.4 Å². The van der Waals surface area contributed by atoms with Crippen LogP contribution < -0.4 is 15.4 Å². The van der Waals surface area contributed by atoms with E-state index in [4.69, 9.17) is 17.3 Å². The first-order valence-electron chi connectivity index (χ1n) is 8.90. The normalized spacial score (nSPS) is 11.1. The number of benzene rings is 3. The highest BCUT2D eigenvalue weighted by molar-refractivity contribution is 7.92. The number of sulfonamides is 1. The highest BCUT2D eigenvalue weighted by Gasteiger charge is 2.20. The quantitative estimate of drug-likeness (QED) is 0.549. The number of anilines is 2. The van der Waals surface area contributed by atoms with Crippen molar-refractivity contribution >= 4 is 38.9 Å². The van der Waals surface area contributed by atoms with Crippen LogP contribution in [0.1, 0.15) is 5.56 Å². The first kappa shape index (κ1) is 21.6. The van der Waals surface area contributed by atoms with E-state index in [1.165, 1.54) is 6.07 Å². The molecule has 156 valence electrons.